The Labute approximate surface area is 189 Å². The number of ether oxygens (including phenoxy) is 1. The lowest BCUT2D eigenvalue weighted by Crippen LogP contribution is -2.47. The van der Waals surface area contributed by atoms with Gasteiger partial charge in [0, 0.05) is 40.5 Å². The van der Waals surface area contributed by atoms with E-state index in [-0.39, 0.29) is 6.42 Å². The lowest BCUT2D eigenvalue weighted by Gasteiger charge is -2.19. The van der Waals surface area contributed by atoms with Gasteiger partial charge in [0.05, 0.1) is 0 Å². The van der Waals surface area contributed by atoms with Gasteiger partial charge in [0.2, 0.25) is 0 Å². The number of carbonyl (C=O) groups is 2. The van der Waals surface area contributed by atoms with Crippen LogP contribution in [0.1, 0.15) is 23.6 Å². The monoisotopic (exact) mass is 448 g/mol. The summed E-state index contributed by atoms with van der Waals surface area (Å²) in [5.41, 5.74) is 2.98. The molecule has 170 valence electrons. The number of H-pyrrole nitrogens is 1. The first-order valence-electron chi connectivity index (χ1n) is 10.5. The van der Waals surface area contributed by atoms with Crippen molar-refractivity contribution in [2.45, 2.75) is 39.3 Å². The molecule has 2 aromatic heterocycles. The van der Waals surface area contributed by atoms with Crippen LogP contribution in [0.25, 0.3) is 21.9 Å². The number of amides is 1. The highest BCUT2D eigenvalue weighted by atomic mass is 16.5. The molecule has 0 radical (unpaired) electrons. The molecule has 0 aliphatic rings. The summed E-state index contributed by atoms with van der Waals surface area (Å²) in [5.74, 6) is -1.37. The number of carbonyl (C=O) groups excluding carboxylic acids is 1. The van der Waals surface area contributed by atoms with E-state index in [9.17, 15) is 19.5 Å². The molecule has 4 rings (SSSR count). The minimum Gasteiger partial charge on any atom is -0.481 e. The van der Waals surface area contributed by atoms with Gasteiger partial charge in [0.1, 0.15) is 17.4 Å². The highest BCUT2D eigenvalue weighted by molar-refractivity contribution is 5.88. The van der Waals surface area contributed by atoms with Crippen molar-refractivity contribution >= 4 is 33.7 Å². The van der Waals surface area contributed by atoms with E-state index in [0.717, 1.165) is 27.4 Å². The van der Waals surface area contributed by atoms with E-state index in [1.54, 1.807) is 31.3 Å². The zero-order valence-electron chi connectivity index (χ0n) is 18.5. The predicted octanol–water partition coefficient (Wildman–Crippen LogP) is 3.47. The van der Waals surface area contributed by atoms with E-state index >= 15 is 0 Å². The van der Waals surface area contributed by atoms with Crippen molar-refractivity contribution < 1.29 is 23.8 Å². The Kier molecular flexibility index (Phi) is 5.91. The minimum absolute atomic E-state index is 0.123. The van der Waals surface area contributed by atoms with E-state index in [0.29, 0.717) is 16.9 Å². The zero-order valence-corrected chi connectivity index (χ0v) is 18.5. The quantitative estimate of drug-likeness (QED) is 0.372. The fourth-order valence-electron chi connectivity index (χ4n) is 3.77. The Morgan fingerprint density at radius 3 is 2.64 bits per heavy atom. The number of para-hydroxylation sites is 1. The molecular weight excluding hydrogens is 424 g/mol. The third-order valence-electron chi connectivity index (χ3n) is 5.82. The lowest BCUT2D eigenvalue weighted by molar-refractivity contribution is -0.142. The normalized spacial score (nSPS) is 13.1. The summed E-state index contributed by atoms with van der Waals surface area (Å²) in [5, 5.41) is 13.9. The summed E-state index contributed by atoms with van der Waals surface area (Å²) in [6.07, 6.45) is 0.905. The number of aryl methyl sites for hydroxylation is 1. The van der Waals surface area contributed by atoms with Gasteiger partial charge in [-0.1, -0.05) is 18.2 Å². The van der Waals surface area contributed by atoms with Gasteiger partial charge in [0.25, 0.3) is 5.91 Å². The number of carboxylic acid groups (broad SMARTS) is 1. The van der Waals surface area contributed by atoms with Gasteiger partial charge in [0.15, 0.2) is 6.10 Å². The van der Waals surface area contributed by atoms with Gasteiger partial charge in [-0.15, -0.1) is 0 Å². The molecule has 8 heteroatoms. The van der Waals surface area contributed by atoms with Gasteiger partial charge >= 0.3 is 11.6 Å². The van der Waals surface area contributed by atoms with Crippen LogP contribution >= 0.6 is 0 Å². The SMILES string of the molecule is Cc1c(C)c2ccc(OC(C)C(=O)NC(Cc3c[nH]c4ccccc34)C(=O)O)cc2oc1=O. The highest BCUT2D eigenvalue weighted by Gasteiger charge is 2.25. The second-order valence-corrected chi connectivity index (χ2v) is 8.02. The van der Waals surface area contributed by atoms with Gasteiger partial charge in [-0.2, -0.15) is 0 Å². The zero-order chi connectivity index (χ0) is 23.7. The van der Waals surface area contributed by atoms with E-state index < -0.39 is 29.6 Å². The predicted molar refractivity (Wildman–Crippen MR) is 124 cm³/mol. The van der Waals surface area contributed by atoms with Crippen LogP contribution < -0.4 is 15.7 Å². The fraction of sp³-hybridized carbons (Fsp3) is 0.240. The van der Waals surface area contributed by atoms with E-state index in [2.05, 4.69) is 10.3 Å². The molecule has 0 saturated carbocycles. The topological polar surface area (TPSA) is 122 Å². The average molecular weight is 448 g/mol. The van der Waals surface area contributed by atoms with Crippen molar-refractivity contribution in [1.82, 2.24) is 10.3 Å². The maximum absolute atomic E-state index is 12.7. The number of benzene rings is 2. The molecule has 0 bridgehead atoms. The highest BCUT2D eigenvalue weighted by Crippen LogP contribution is 2.25. The number of hydrogen-bond donors (Lipinski definition) is 3. The largest absolute Gasteiger partial charge is 0.481 e. The second kappa shape index (κ2) is 8.82. The lowest BCUT2D eigenvalue weighted by atomic mass is 10.0. The number of aromatic nitrogens is 1. The van der Waals surface area contributed by atoms with Crippen LogP contribution in [0, 0.1) is 13.8 Å². The molecule has 33 heavy (non-hydrogen) atoms. The Morgan fingerprint density at radius 1 is 1.12 bits per heavy atom. The smallest absolute Gasteiger partial charge is 0.339 e. The minimum atomic E-state index is -1.14. The molecule has 2 atom stereocenters. The van der Waals surface area contributed by atoms with Crippen molar-refractivity contribution in [2.24, 2.45) is 0 Å². The number of aliphatic carboxylic acids is 1. The first-order chi connectivity index (χ1) is 15.7. The van der Waals surface area contributed by atoms with Crippen LogP contribution in [0.4, 0.5) is 0 Å². The summed E-state index contributed by atoms with van der Waals surface area (Å²) in [7, 11) is 0. The van der Waals surface area contributed by atoms with Crippen molar-refractivity contribution in [3.05, 3.63) is 75.8 Å². The summed E-state index contributed by atoms with van der Waals surface area (Å²) < 4.78 is 11.0. The Morgan fingerprint density at radius 2 is 1.88 bits per heavy atom. The van der Waals surface area contributed by atoms with Gasteiger partial charge in [-0.25, -0.2) is 9.59 Å². The standard InChI is InChI=1S/C25H24N2O6/c1-13-14(2)25(31)33-22-11-17(8-9-18(13)22)32-15(3)23(28)27-21(24(29)30)10-16-12-26-20-7-5-4-6-19(16)20/h4-9,11-12,15,21,26H,10H2,1-3H3,(H,27,28)(H,29,30). The Balaban J connectivity index is 1.48. The number of hydrogen-bond acceptors (Lipinski definition) is 5. The van der Waals surface area contributed by atoms with Crippen LogP contribution in [0.5, 0.6) is 5.75 Å². The summed E-state index contributed by atoms with van der Waals surface area (Å²) >= 11 is 0. The number of aromatic amines is 1. The summed E-state index contributed by atoms with van der Waals surface area (Å²) in [4.78, 5) is 39.6. The van der Waals surface area contributed by atoms with E-state index in [1.807, 2.05) is 31.2 Å². The molecule has 2 aromatic carbocycles. The molecule has 2 unspecified atom stereocenters. The maximum Gasteiger partial charge on any atom is 0.339 e. The molecule has 0 spiro atoms. The van der Waals surface area contributed by atoms with Crippen LogP contribution in [0.15, 0.2) is 57.9 Å². The van der Waals surface area contributed by atoms with Gasteiger partial charge < -0.3 is 24.6 Å². The third kappa shape index (κ3) is 4.45. The van der Waals surface area contributed by atoms with Crippen molar-refractivity contribution in [3.63, 3.8) is 0 Å². The van der Waals surface area contributed by atoms with E-state index in [4.69, 9.17) is 9.15 Å². The Hall–Kier alpha value is -4.07. The number of nitrogens with one attached hydrogen (secondary N) is 2. The first-order valence-corrected chi connectivity index (χ1v) is 10.5. The molecule has 8 nitrogen and oxygen atoms in total. The molecule has 0 aliphatic carbocycles. The number of fused-ring (bicyclic) bond motifs is 2. The number of carboxylic acids is 1. The molecule has 1 amide bonds. The van der Waals surface area contributed by atoms with Crippen molar-refractivity contribution in [1.29, 1.82) is 0 Å². The van der Waals surface area contributed by atoms with Crippen LogP contribution in [0.3, 0.4) is 0 Å². The summed E-state index contributed by atoms with van der Waals surface area (Å²) in [6.45, 7) is 5.07. The molecular formula is C25H24N2O6. The van der Waals surface area contributed by atoms with Gasteiger partial charge in [-0.3, -0.25) is 4.79 Å². The molecule has 2 heterocycles. The second-order valence-electron chi connectivity index (χ2n) is 8.02. The van der Waals surface area contributed by atoms with Crippen molar-refractivity contribution in [2.75, 3.05) is 0 Å². The molecule has 3 N–H and O–H groups in total. The third-order valence-corrected chi connectivity index (χ3v) is 5.82. The first kappa shape index (κ1) is 22.1. The molecule has 4 aromatic rings. The van der Waals surface area contributed by atoms with Gasteiger partial charge in [-0.05, 0) is 50.1 Å². The van der Waals surface area contributed by atoms with E-state index in [1.165, 1.54) is 6.92 Å². The fourth-order valence-corrected chi connectivity index (χ4v) is 3.77. The number of rotatable bonds is 7. The van der Waals surface area contributed by atoms with Crippen LogP contribution in [0.2, 0.25) is 0 Å². The van der Waals surface area contributed by atoms with Crippen LogP contribution in [-0.2, 0) is 16.0 Å². The molecule has 0 fully saturated rings. The molecule has 0 aliphatic heterocycles. The molecule has 0 saturated heterocycles. The Bertz CT molecular complexity index is 1420. The average Bonchev–Trinajstić information content (AvgIpc) is 3.19. The van der Waals surface area contributed by atoms with Crippen LogP contribution in [-0.4, -0.2) is 34.1 Å². The summed E-state index contributed by atoms with van der Waals surface area (Å²) in [6, 6.07) is 11.4. The van der Waals surface area contributed by atoms with Crippen molar-refractivity contribution in [3.8, 4) is 5.75 Å². The maximum atomic E-state index is 12.7.